The van der Waals surface area contributed by atoms with Crippen LogP contribution in [0.2, 0.25) is 0 Å². The number of hydrogen-bond donors (Lipinski definition) is 2. The van der Waals surface area contributed by atoms with Crippen LogP contribution in [0.5, 0.6) is 0 Å². The van der Waals surface area contributed by atoms with Crippen molar-refractivity contribution in [1.82, 2.24) is 10.6 Å². The zero-order valence-electron chi connectivity index (χ0n) is 16.2. The van der Waals surface area contributed by atoms with Crippen LogP contribution in [0.25, 0.3) is 0 Å². The number of guanidine groups is 1. The third-order valence-corrected chi connectivity index (χ3v) is 5.84. The molecule has 0 aliphatic heterocycles. The predicted molar refractivity (Wildman–Crippen MR) is 120 cm³/mol. The number of hydrogen-bond acceptors (Lipinski definition) is 2. The Labute approximate surface area is 175 Å². The van der Waals surface area contributed by atoms with Crippen molar-refractivity contribution in [2.45, 2.75) is 57.4 Å². The molecule has 2 fully saturated rings. The van der Waals surface area contributed by atoms with Gasteiger partial charge in [-0.15, -0.1) is 24.0 Å². The molecule has 2 saturated carbocycles. The van der Waals surface area contributed by atoms with E-state index in [0.29, 0.717) is 17.4 Å². The van der Waals surface area contributed by atoms with Gasteiger partial charge in [0.2, 0.25) is 0 Å². The van der Waals surface area contributed by atoms with E-state index in [1.165, 1.54) is 37.7 Å². The first-order chi connectivity index (χ1) is 12.3. The number of nitrogens with one attached hydrogen (secondary N) is 2. The second kappa shape index (κ2) is 10.5. The van der Waals surface area contributed by atoms with Gasteiger partial charge in [0, 0.05) is 38.8 Å². The summed E-state index contributed by atoms with van der Waals surface area (Å²) in [6, 6.07) is 11.3. The number of rotatable bonds is 8. The van der Waals surface area contributed by atoms with Crippen molar-refractivity contribution in [2.24, 2.45) is 10.4 Å². The van der Waals surface area contributed by atoms with Crippen LogP contribution in [0, 0.1) is 5.41 Å². The fraction of sp³-hybridized carbons (Fsp3) is 0.667. The Kier molecular flexibility index (Phi) is 8.67. The number of nitrogens with zero attached hydrogens (tertiary/aromatic N) is 1. The topological polar surface area (TPSA) is 45.6 Å². The molecule has 0 radical (unpaired) electrons. The summed E-state index contributed by atoms with van der Waals surface area (Å²) in [6.07, 6.45) is 7.65. The van der Waals surface area contributed by atoms with Gasteiger partial charge in [-0.05, 0) is 43.6 Å². The molecule has 2 N–H and O–H groups in total. The average Bonchev–Trinajstić information content (AvgIpc) is 3.27. The molecule has 0 spiro atoms. The minimum Gasteiger partial charge on any atom is -0.382 e. The Morgan fingerprint density at radius 1 is 1.23 bits per heavy atom. The van der Waals surface area contributed by atoms with Crippen LogP contribution >= 0.6 is 24.0 Å². The number of benzene rings is 1. The molecule has 0 heterocycles. The van der Waals surface area contributed by atoms with Crippen molar-refractivity contribution in [1.29, 1.82) is 0 Å². The molecule has 0 aromatic heterocycles. The molecule has 2 unspecified atom stereocenters. The minimum absolute atomic E-state index is 0. The van der Waals surface area contributed by atoms with Crippen molar-refractivity contribution in [3.63, 3.8) is 0 Å². The molecule has 5 heteroatoms. The summed E-state index contributed by atoms with van der Waals surface area (Å²) in [7, 11) is 1.87. The summed E-state index contributed by atoms with van der Waals surface area (Å²) < 4.78 is 5.62. The SMILES string of the molecule is CCOCCC1(CNC(=NC)NC2CC2c2ccccc2)CCCC1.I. The van der Waals surface area contributed by atoms with Crippen molar-refractivity contribution in [3.05, 3.63) is 35.9 Å². The zero-order chi connectivity index (χ0) is 17.5. The number of ether oxygens (including phenoxy) is 1. The lowest BCUT2D eigenvalue weighted by molar-refractivity contribution is 0.105. The van der Waals surface area contributed by atoms with Crippen molar-refractivity contribution in [2.75, 3.05) is 26.8 Å². The molecule has 2 atom stereocenters. The van der Waals surface area contributed by atoms with Gasteiger partial charge in [-0.25, -0.2) is 0 Å². The van der Waals surface area contributed by atoms with Crippen LogP contribution in [0.15, 0.2) is 35.3 Å². The van der Waals surface area contributed by atoms with Crippen LogP contribution in [0.1, 0.15) is 56.9 Å². The molecular formula is C21H34IN3O. The van der Waals surface area contributed by atoms with Crippen LogP contribution < -0.4 is 10.6 Å². The van der Waals surface area contributed by atoms with Crippen molar-refractivity contribution in [3.8, 4) is 0 Å². The lowest BCUT2D eigenvalue weighted by atomic mass is 9.83. The Hall–Kier alpha value is -0.820. The molecule has 2 aliphatic rings. The van der Waals surface area contributed by atoms with Crippen molar-refractivity contribution < 1.29 is 4.74 Å². The average molecular weight is 471 g/mol. The molecule has 3 rings (SSSR count). The highest BCUT2D eigenvalue weighted by atomic mass is 127. The lowest BCUT2D eigenvalue weighted by Crippen LogP contribution is -2.44. The molecule has 0 amide bonds. The first-order valence-corrected chi connectivity index (χ1v) is 9.86. The first kappa shape index (κ1) is 21.5. The van der Waals surface area contributed by atoms with E-state index in [1.807, 2.05) is 7.05 Å². The number of halogens is 1. The molecule has 0 bridgehead atoms. The van der Waals surface area contributed by atoms with Crippen molar-refractivity contribution >= 4 is 29.9 Å². The Bertz CT molecular complexity index is 558. The fourth-order valence-corrected chi connectivity index (χ4v) is 4.14. The molecule has 146 valence electrons. The van der Waals surface area contributed by atoms with Crippen LogP contribution in [-0.4, -0.2) is 38.8 Å². The molecule has 1 aromatic carbocycles. The largest absolute Gasteiger partial charge is 0.382 e. The van der Waals surface area contributed by atoms with E-state index < -0.39 is 0 Å². The number of aliphatic imine (C=N–C) groups is 1. The monoisotopic (exact) mass is 471 g/mol. The molecule has 2 aliphatic carbocycles. The molecule has 26 heavy (non-hydrogen) atoms. The Morgan fingerprint density at radius 3 is 2.62 bits per heavy atom. The molecule has 1 aromatic rings. The highest BCUT2D eigenvalue weighted by molar-refractivity contribution is 14.0. The van der Waals surface area contributed by atoms with Gasteiger partial charge in [0.1, 0.15) is 0 Å². The highest BCUT2D eigenvalue weighted by Crippen LogP contribution is 2.41. The quantitative estimate of drug-likeness (QED) is 0.257. The van der Waals surface area contributed by atoms with E-state index >= 15 is 0 Å². The highest BCUT2D eigenvalue weighted by Gasteiger charge is 2.39. The molecular weight excluding hydrogens is 437 g/mol. The van der Waals surface area contributed by atoms with E-state index in [-0.39, 0.29) is 24.0 Å². The Balaban J connectivity index is 0.00000243. The van der Waals surface area contributed by atoms with Gasteiger partial charge < -0.3 is 15.4 Å². The van der Waals surface area contributed by atoms with E-state index in [2.05, 4.69) is 52.9 Å². The summed E-state index contributed by atoms with van der Waals surface area (Å²) in [4.78, 5) is 4.45. The summed E-state index contributed by atoms with van der Waals surface area (Å²) in [5.74, 6) is 1.57. The maximum atomic E-state index is 5.62. The van der Waals surface area contributed by atoms with Crippen LogP contribution in [0.4, 0.5) is 0 Å². The third kappa shape index (κ3) is 5.84. The van der Waals surface area contributed by atoms with Gasteiger partial charge in [-0.3, -0.25) is 4.99 Å². The van der Waals surface area contributed by atoms with Gasteiger partial charge in [0.15, 0.2) is 5.96 Å². The summed E-state index contributed by atoms with van der Waals surface area (Å²) in [6.45, 7) is 4.77. The second-order valence-corrected chi connectivity index (χ2v) is 7.58. The Morgan fingerprint density at radius 2 is 1.96 bits per heavy atom. The van der Waals surface area contributed by atoms with E-state index in [4.69, 9.17) is 4.74 Å². The van der Waals surface area contributed by atoms with Gasteiger partial charge in [-0.1, -0.05) is 43.2 Å². The van der Waals surface area contributed by atoms with E-state index in [9.17, 15) is 0 Å². The van der Waals surface area contributed by atoms with Gasteiger partial charge in [0.25, 0.3) is 0 Å². The van der Waals surface area contributed by atoms with Crippen LogP contribution in [-0.2, 0) is 4.74 Å². The van der Waals surface area contributed by atoms with Gasteiger partial charge in [-0.2, -0.15) is 0 Å². The van der Waals surface area contributed by atoms with Gasteiger partial charge in [0.05, 0.1) is 0 Å². The summed E-state index contributed by atoms with van der Waals surface area (Å²) in [5, 5.41) is 7.21. The first-order valence-electron chi connectivity index (χ1n) is 9.86. The predicted octanol–water partition coefficient (Wildman–Crippen LogP) is 4.31. The van der Waals surface area contributed by atoms with E-state index in [0.717, 1.165) is 32.1 Å². The zero-order valence-corrected chi connectivity index (χ0v) is 18.5. The lowest BCUT2D eigenvalue weighted by Gasteiger charge is -2.30. The maximum Gasteiger partial charge on any atom is 0.191 e. The smallest absolute Gasteiger partial charge is 0.191 e. The van der Waals surface area contributed by atoms with Gasteiger partial charge >= 0.3 is 0 Å². The summed E-state index contributed by atoms with van der Waals surface area (Å²) >= 11 is 0. The summed E-state index contributed by atoms with van der Waals surface area (Å²) in [5.41, 5.74) is 1.81. The second-order valence-electron chi connectivity index (χ2n) is 7.58. The molecule has 4 nitrogen and oxygen atoms in total. The maximum absolute atomic E-state index is 5.62. The normalized spacial score (nSPS) is 24.0. The third-order valence-electron chi connectivity index (χ3n) is 5.84. The minimum atomic E-state index is 0. The fourth-order valence-electron chi connectivity index (χ4n) is 4.14. The van der Waals surface area contributed by atoms with Crippen LogP contribution in [0.3, 0.4) is 0 Å². The standard InChI is InChI=1S/C21H33N3O.HI/c1-3-25-14-13-21(11-7-8-12-21)16-23-20(22-2)24-19-15-18(19)17-9-5-4-6-10-17;/h4-6,9-10,18-19H,3,7-8,11-16H2,1-2H3,(H2,22,23,24);1H. The molecule has 0 saturated heterocycles. The van der Waals surface area contributed by atoms with E-state index in [1.54, 1.807) is 0 Å².